The highest BCUT2D eigenvalue weighted by Crippen LogP contribution is 2.19. The first-order valence-electron chi connectivity index (χ1n) is 10.6. The van der Waals surface area contributed by atoms with E-state index in [-0.39, 0.29) is 42.2 Å². The number of amides is 1. The maximum absolute atomic E-state index is 13.6. The number of halogens is 2. The molecule has 0 atom stereocenters. The lowest BCUT2D eigenvalue weighted by atomic mass is 10.1. The second-order valence-electron chi connectivity index (χ2n) is 7.66. The van der Waals surface area contributed by atoms with Crippen molar-refractivity contribution >= 4 is 46.7 Å². The molecule has 0 aliphatic heterocycles. The zero-order valence-corrected chi connectivity index (χ0v) is 21.5. The van der Waals surface area contributed by atoms with Crippen molar-refractivity contribution in [3.05, 3.63) is 65.6 Å². The Hall–Kier alpha value is -2.82. The van der Waals surface area contributed by atoms with Crippen molar-refractivity contribution in [1.82, 2.24) is 20.5 Å². The van der Waals surface area contributed by atoms with E-state index in [1.165, 1.54) is 16.5 Å². The molecule has 0 fully saturated rings. The summed E-state index contributed by atoms with van der Waals surface area (Å²) in [5.74, 6) is 1.06. The number of aliphatic imine (C=N–C) groups is 1. The number of carbonyl (C=O) groups is 1. The number of methoxy groups -OCH3 is 1. The fraction of sp³-hybridized carbons (Fsp3) is 0.333. The lowest BCUT2D eigenvalue weighted by Crippen LogP contribution is -2.40. The summed E-state index contributed by atoms with van der Waals surface area (Å²) in [7, 11) is 5.06. The number of nitrogens with zero attached hydrogens (tertiary/aromatic N) is 2. The largest absolute Gasteiger partial charge is 0.497 e. The second-order valence-corrected chi connectivity index (χ2v) is 7.66. The molecule has 0 saturated heterocycles. The van der Waals surface area contributed by atoms with Crippen LogP contribution in [0, 0.1) is 5.82 Å². The van der Waals surface area contributed by atoms with Gasteiger partial charge in [-0.3, -0.25) is 4.79 Å². The number of benzene rings is 2. The zero-order chi connectivity index (χ0) is 22.9. The molecule has 33 heavy (non-hydrogen) atoms. The Labute approximate surface area is 210 Å². The Kier molecular flexibility index (Phi) is 10.4. The van der Waals surface area contributed by atoms with Crippen molar-refractivity contribution < 1.29 is 13.9 Å². The van der Waals surface area contributed by atoms with Crippen LogP contribution in [0.3, 0.4) is 0 Å². The molecule has 1 amide bonds. The zero-order valence-electron chi connectivity index (χ0n) is 19.2. The molecule has 1 aromatic heterocycles. The third-order valence-electron chi connectivity index (χ3n) is 5.15. The van der Waals surface area contributed by atoms with Crippen LogP contribution in [0.5, 0.6) is 5.75 Å². The lowest BCUT2D eigenvalue weighted by Gasteiger charge is -2.14. The average Bonchev–Trinajstić information content (AvgIpc) is 3.19. The number of nitrogens with one attached hydrogen (secondary N) is 3. The molecule has 0 saturated carbocycles. The Balaban J connectivity index is 0.00000385. The summed E-state index contributed by atoms with van der Waals surface area (Å²) in [6.45, 7) is 1.31. The summed E-state index contributed by atoms with van der Waals surface area (Å²) < 4.78 is 18.8. The summed E-state index contributed by atoms with van der Waals surface area (Å²) in [5.41, 5.74) is 3.10. The molecule has 3 aromatic rings. The molecule has 0 spiro atoms. The standard InChI is InChI=1S/C24H30FN5O2.HI/c1-30(2)23(31)16-29-24(26-12-10-17-4-7-20(32-3)8-5-17)27-13-11-18-15-28-22-9-6-19(25)14-21(18)22;/h4-9,14-15,28H,10-13,16H2,1-3H3,(H2,26,27,29);1H. The first-order chi connectivity index (χ1) is 15.5. The van der Waals surface area contributed by atoms with E-state index in [1.807, 2.05) is 30.5 Å². The highest BCUT2D eigenvalue weighted by atomic mass is 127. The number of hydrogen-bond acceptors (Lipinski definition) is 3. The summed E-state index contributed by atoms with van der Waals surface area (Å²) in [5, 5.41) is 7.44. The van der Waals surface area contributed by atoms with Gasteiger partial charge in [0.05, 0.1) is 7.11 Å². The molecule has 7 nitrogen and oxygen atoms in total. The molecule has 0 aliphatic rings. The number of hydrogen-bond donors (Lipinski definition) is 3. The number of aromatic nitrogens is 1. The monoisotopic (exact) mass is 567 g/mol. The van der Waals surface area contributed by atoms with Gasteiger partial charge >= 0.3 is 0 Å². The molecule has 2 aromatic carbocycles. The van der Waals surface area contributed by atoms with E-state index in [0.717, 1.165) is 28.6 Å². The van der Waals surface area contributed by atoms with Crippen molar-refractivity contribution in [1.29, 1.82) is 0 Å². The predicted molar refractivity (Wildman–Crippen MR) is 141 cm³/mol. The van der Waals surface area contributed by atoms with Crippen LogP contribution in [0.15, 0.2) is 53.7 Å². The lowest BCUT2D eigenvalue weighted by molar-refractivity contribution is -0.127. The van der Waals surface area contributed by atoms with Crippen molar-refractivity contribution in [3.63, 3.8) is 0 Å². The third-order valence-corrected chi connectivity index (χ3v) is 5.15. The number of ether oxygens (including phenoxy) is 1. The molecule has 0 bridgehead atoms. The van der Waals surface area contributed by atoms with Gasteiger partial charge in [-0.15, -0.1) is 24.0 Å². The normalized spacial score (nSPS) is 11.1. The van der Waals surface area contributed by atoms with Crippen LogP contribution in [0.25, 0.3) is 10.9 Å². The minimum absolute atomic E-state index is 0. The molecule has 0 aliphatic carbocycles. The second kappa shape index (κ2) is 13.0. The van der Waals surface area contributed by atoms with Crippen LogP contribution in [-0.4, -0.2) is 62.6 Å². The van der Waals surface area contributed by atoms with E-state index in [0.29, 0.717) is 25.5 Å². The number of likely N-dealkylation sites (N-methyl/N-ethyl adjacent to an activating group) is 1. The van der Waals surface area contributed by atoms with Crippen molar-refractivity contribution in [2.75, 3.05) is 40.8 Å². The Morgan fingerprint density at radius 1 is 1.09 bits per heavy atom. The Morgan fingerprint density at radius 3 is 2.45 bits per heavy atom. The fourth-order valence-electron chi connectivity index (χ4n) is 3.25. The Bertz CT molecular complexity index is 1070. The molecule has 178 valence electrons. The number of fused-ring (bicyclic) bond motifs is 1. The summed E-state index contributed by atoms with van der Waals surface area (Å²) in [6.07, 6.45) is 3.38. The van der Waals surface area contributed by atoms with Gasteiger partial charge in [-0.25, -0.2) is 9.38 Å². The number of guanidine groups is 1. The van der Waals surface area contributed by atoms with E-state index in [1.54, 1.807) is 33.3 Å². The number of aromatic amines is 1. The molecule has 3 N–H and O–H groups in total. The predicted octanol–water partition coefficient (Wildman–Crippen LogP) is 3.34. The molecular weight excluding hydrogens is 536 g/mol. The van der Waals surface area contributed by atoms with Gasteiger partial charge in [0, 0.05) is 44.3 Å². The van der Waals surface area contributed by atoms with Crippen LogP contribution >= 0.6 is 24.0 Å². The molecular formula is C24H31FIN5O2. The van der Waals surface area contributed by atoms with Crippen LogP contribution in [-0.2, 0) is 17.6 Å². The molecule has 3 rings (SSSR count). The first-order valence-corrected chi connectivity index (χ1v) is 10.6. The molecule has 1 heterocycles. The van der Waals surface area contributed by atoms with Crippen molar-refractivity contribution in [3.8, 4) is 5.75 Å². The van der Waals surface area contributed by atoms with Crippen LogP contribution in [0.2, 0.25) is 0 Å². The minimum Gasteiger partial charge on any atom is -0.497 e. The first kappa shape index (κ1) is 26.4. The maximum atomic E-state index is 13.6. The fourth-order valence-corrected chi connectivity index (χ4v) is 3.25. The van der Waals surface area contributed by atoms with Crippen LogP contribution in [0.4, 0.5) is 4.39 Å². The van der Waals surface area contributed by atoms with E-state index in [9.17, 15) is 9.18 Å². The number of H-pyrrole nitrogens is 1. The smallest absolute Gasteiger partial charge is 0.243 e. The summed E-state index contributed by atoms with van der Waals surface area (Å²) in [6, 6.07) is 12.6. The van der Waals surface area contributed by atoms with Crippen molar-refractivity contribution in [2.45, 2.75) is 12.8 Å². The van der Waals surface area contributed by atoms with Crippen molar-refractivity contribution in [2.24, 2.45) is 4.99 Å². The van der Waals surface area contributed by atoms with Crippen LogP contribution in [0.1, 0.15) is 11.1 Å². The van der Waals surface area contributed by atoms with E-state index < -0.39 is 0 Å². The van der Waals surface area contributed by atoms with Gasteiger partial charge in [-0.05, 0) is 54.3 Å². The quantitative estimate of drug-likeness (QED) is 0.211. The molecule has 0 unspecified atom stereocenters. The van der Waals surface area contributed by atoms with E-state index in [4.69, 9.17) is 4.74 Å². The SMILES string of the molecule is COc1ccc(CCNC(=NCC(=O)N(C)C)NCCc2c[nH]c3ccc(F)cc23)cc1.I. The minimum atomic E-state index is -0.254. The highest BCUT2D eigenvalue weighted by molar-refractivity contribution is 14.0. The van der Waals surface area contributed by atoms with Gasteiger partial charge in [0.1, 0.15) is 18.1 Å². The number of carbonyl (C=O) groups excluding carboxylic acids is 1. The van der Waals surface area contributed by atoms with Gasteiger partial charge in [-0.2, -0.15) is 0 Å². The van der Waals surface area contributed by atoms with Gasteiger partial charge in [0.25, 0.3) is 0 Å². The summed E-state index contributed by atoms with van der Waals surface area (Å²) >= 11 is 0. The van der Waals surface area contributed by atoms with E-state index >= 15 is 0 Å². The third kappa shape index (κ3) is 7.92. The van der Waals surface area contributed by atoms with Gasteiger partial charge < -0.3 is 25.3 Å². The highest BCUT2D eigenvalue weighted by Gasteiger charge is 2.07. The average molecular weight is 567 g/mol. The summed E-state index contributed by atoms with van der Waals surface area (Å²) in [4.78, 5) is 21.0. The van der Waals surface area contributed by atoms with Gasteiger partial charge in [0.2, 0.25) is 5.91 Å². The Morgan fingerprint density at radius 2 is 1.79 bits per heavy atom. The molecule has 0 radical (unpaired) electrons. The van der Waals surface area contributed by atoms with E-state index in [2.05, 4.69) is 20.6 Å². The van der Waals surface area contributed by atoms with Gasteiger partial charge in [0.15, 0.2) is 5.96 Å². The number of rotatable bonds is 9. The topological polar surface area (TPSA) is 81.8 Å². The van der Waals surface area contributed by atoms with Gasteiger partial charge in [-0.1, -0.05) is 12.1 Å². The molecule has 9 heteroatoms. The maximum Gasteiger partial charge on any atom is 0.243 e. The van der Waals surface area contributed by atoms with Crippen LogP contribution < -0.4 is 15.4 Å².